The molecule has 7 nitrogen and oxygen atoms in total. The predicted molar refractivity (Wildman–Crippen MR) is 137 cm³/mol. The molecule has 0 aliphatic carbocycles. The van der Waals surface area contributed by atoms with E-state index in [1.165, 1.54) is 6.08 Å². The molecule has 33 heavy (non-hydrogen) atoms. The zero-order chi connectivity index (χ0) is 23.6. The van der Waals surface area contributed by atoms with Crippen LogP contribution in [0.2, 0.25) is 0 Å². The van der Waals surface area contributed by atoms with E-state index in [0.29, 0.717) is 6.42 Å². The summed E-state index contributed by atoms with van der Waals surface area (Å²) in [5.41, 5.74) is 2.77. The number of carbonyl (C=O) groups is 2. The van der Waals surface area contributed by atoms with Crippen LogP contribution >= 0.6 is 12.2 Å². The fourth-order valence-electron chi connectivity index (χ4n) is 3.54. The van der Waals surface area contributed by atoms with E-state index in [4.69, 9.17) is 17.0 Å². The first-order valence-corrected chi connectivity index (χ1v) is 11.5. The van der Waals surface area contributed by atoms with Crippen molar-refractivity contribution in [3.63, 3.8) is 0 Å². The van der Waals surface area contributed by atoms with E-state index in [-0.39, 0.29) is 16.9 Å². The lowest BCUT2D eigenvalue weighted by Crippen LogP contribution is -2.48. The van der Waals surface area contributed by atoms with E-state index < -0.39 is 0 Å². The second-order valence-electron chi connectivity index (χ2n) is 7.71. The quantitative estimate of drug-likeness (QED) is 0.479. The molecule has 1 fully saturated rings. The van der Waals surface area contributed by atoms with Crippen molar-refractivity contribution in [2.24, 2.45) is 0 Å². The Bertz CT molecular complexity index is 982. The van der Waals surface area contributed by atoms with Crippen molar-refractivity contribution in [2.45, 2.75) is 19.8 Å². The summed E-state index contributed by atoms with van der Waals surface area (Å²) in [5, 5.41) is 5.91. The maximum atomic E-state index is 12.1. The van der Waals surface area contributed by atoms with Crippen molar-refractivity contribution in [2.75, 3.05) is 43.5 Å². The molecule has 3 rings (SSSR count). The number of methoxy groups -OCH3 is 1. The Morgan fingerprint density at radius 3 is 2.30 bits per heavy atom. The molecule has 2 aromatic rings. The highest BCUT2D eigenvalue weighted by Gasteiger charge is 2.20. The standard InChI is InChI=1S/C25H30N4O3S/c1-3-4-24(31)29-17-15-28(16-18-29)21-10-8-20(9-11-21)26-25(33)27-23(30)14-7-19-5-12-22(32-2)13-6-19/h5-14H,3-4,15-18H2,1-2H3,(H2,26,27,30,33)/b14-7+. The average molecular weight is 467 g/mol. The van der Waals surface area contributed by atoms with Crippen LogP contribution in [-0.2, 0) is 9.59 Å². The summed E-state index contributed by atoms with van der Waals surface area (Å²) in [4.78, 5) is 28.4. The predicted octanol–water partition coefficient (Wildman–Crippen LogP) is 3.67. The summed E-state index contributed by atoms with van der Waals surface area (Å²) in [5.74, 6) is 0.693. The average Bonchev–Trinajstić information content (AvgIpc) is 2.84. The molecule has 8 heteroatoms. The summed E-state index contributed by atoms with van der Waals surface area (Å²) in [6.07, 6.45) is 4.65. The third-order valence-electron chi connectivity index (χ3n) is 5.37. The number of nitrogens with zero attached hydrogens (tertiary/aromatic N) is 2. The van der Waals surface area contributed by atoms with Crippen LogP contribution in [0.25, 0.3) is 6.08 Å². The molecule has 0 saturated carbocycles. The SMILES string of the molecule is CCCC(=O)N1CCN(c2ccc(NC(=S)NC(=O)/C=C/c3ccc(OC)cc3)cc2)CC1. The van der Waals surface area contributed by atoms with Crippen LogP contribution in [0.15, 0.2) is 54.6 Å². The van der Waals surface area contributed by atoms with Crippen LogP contribution < -0.4 is 20.3 Å². The highest BCUT2D eigenvalue weighted by molar-refractivity contribution is 7.80. The molecule has 0 aromatic heterocycles. The summed E-state index contributed by atoms with van der Waals surface area (Å²) in [6.45, 7) is 5.16. The molecule has 0 radical (unpaired) electrons. The van der Waals surface area contributed by atoms with E-state index in [2.05, 4.69) is 15.5 Å². The first kappa shape index (κ1) is 24.3. The van der Waals surface area contributed by atoms with Crippen molar-refractivity contribution >= 4 is 46.6 Å². The largest absolute Gasteiger partial charge is 0.497 e. The molecule has 1 aliphatic rings. The van der Waals surface area contributed by atoms with Gasteiger partial charge in [-0.05, 0) is 66.7 Å². The van der Waals surface area contributed by atoms with E-state index in [0.717, 1.165) is 55.3 Å². The number of thiocarbonyl (C=S) groups is 1. The van der Waals surface area contributed by atoms with Crippen LogP contribution in [0.1, 0.15) is 25.3 Å². The highest BCUT2D eigenvalue weighted by atomic mass is 32.1. The summed E-state index contributed by atoms with van der Waals surface area (Å²) < 4.78 is 5.12. The Morgan fingerprint density at radius 2 is 1.70 bits per heavy atom. The van der Waals surface area contributed by atoms with Gasteiger partial charge in [0.15, 0.2) is 5.11 Å². The third kappa shape index (κ3) is 7.32. The van der Waals surface area contributed by atoms with Gasteiger partial charge in [-0.15, -0.1) is 0 Å². The monoisotopic (exact) mass is 466 g/mol. The first-order chi connectivity index (χ1) is 16.0. The number of ether oxygens (including phenoxy) is 1. The van der Waals surface area contributed by atoms with Gasteiger partial charge in [0, 0.05) is 50.1 Å². The van der Waals surface area contributed by atoms with Gasteiger partial charge in [-0.2, -0.15) is 0 Å². The van der Waals surface area contributed by atoms with Gasteiger partial charge < -0.3 is 19.9 Å². The maximum absolute atomic E-state index is 12.1. The van der Waals surface area contributed by atoms with Crippen molar-refractivity contribution in [1.82, 2.24) is 10.2 Å². The highest BCUT2D eigenvalue weighted by Crippen LogP contribution is 2.20. The minimum atomic E-state index is -0.310. The van der Waals surface area contributed by atoms with Crippen molar-refractivity contribution in [3.8, 4) is 5.75 Å². The second kappa shape index (κ2) is 12.0. The number of hydrogen-bond donors (Lipinski definition) is 2. The Morgan fingerprint density at radius 1 is 1.03 bits per heavy atom. The molecule has 174 valence electrons. The fraction of sp³-hybridized carbons (Fsp3) is 0.320. The van der Waals surface area contributed by atoms with Gasteiger partial charge in [-0.25, -0.2) is 0 Å². The Hall–Kier alpha value is -3.39. The van der Waals surface area contributed by atoms with Crippen molar-refractivity contribution in [3.05, 3.63) is 60.2 Å². The van der Waals surface area contributed by atoms with Gasteiger partial charge in [0.1, 0.15) is 5.75 Å². The molecule has 1 saturated heterocycles. The van der Waals surface area contributed by atoms with Gasteiger partial charge in [0.05, 0.1) is 7.11 Å². The number of nitrogens with one attached hydrogen (secondary N) is 2. The van der Waals surface area contributed by atoms with Gasteiger partial charge in [-0.1, -0.05) is 19.1 Å². The first-order valence-electron chi connectivity index (χ1n) is 11.1. The zero-order valence-corrected chi connectivity index (χ0v) is 19.9. The van der Waals surface area contributed by atoms with E-state index in [1.807, 2.05) is 60.4 Å². The number of hydrogen-bond acceptors (Lipinski definition) is 5. The Balaban J connectivity index is 1.45. The molecule has 1 heterocycles. The summed E-state index contributed by atoms with van der Waals surface area (Å²) in [7, 11) is 1.61. The molecule has 0 unspecified atom stereocenters. The smallest absolute Gasteiger partial charge is 0.250 e. The normalized spacial score (nSPS) is 13.6. The number of benzene rings is 2. The Kier molecular flexibility index (Phi) is 8.83. The van der Waals surface area contributed by atoms with Crippen molar-refractivity contribution < 1.29 is 14.3 Å². The number of carbonyl (C=O) groups excluding carboxylic acids is 2. The molecule has 2 N–H and O–H groups in total. The number of amides is 2. The fourth-order valence-corrected chi connectivity index (χ4v) is 3.76. The number of rotatable bonds is 7. The van der Waals surface area contributed by atoms with Crippen LogP contribution in [-0.4, -0.2) is 55.1 Å². The number of anilines is 2. The van der Waals surface area contributed by atoms with Crippen LogP contribution in [0, 0.1) is 0 Å². The van der Waals surface area contributed by atoms with Gasteiger partial charge in [0.2, 0.25) is 11.8 Å². The molecule has 2 aromatic carbocycles. The van der Waals surface area contributed by atoms with Crippen LogP contribution in [0.5, 0.6) is 5.75 Å². The van der Waals surface area contributed by atoms with Gasteiger partial charge >= 0.3 is 0 Å². The van der Waals surface area contributed by atoms with Crippen molar-refractivity contribution in [1.29, 1.82) is 0 Å². The lowest BCUT2D eigenvalue weighted by atomic mass is 10.2. The molecule has 1 aliphatic heterocycles. The molecule has 2 amide bonds. The molecular weight excluding hydrogens is 436 g/mol. The summed E-state index contributed by atoms with van der Waals surface area (Å²) in [6, 6.07) is 15.3. The summed E-state index contributed by atoms with van der Waals surface area (Å²) >= 11 is 5.25. The molecule has 0 bridgehead atoms. The van der Waals surface area contributed by atoms with E-state index in [9.17, 15) is 9.59 Å². The van der Waals surface area contributed by atoms with Crippen LogP contribution in [0.3, 0.4) is 0 Å². The molecular formula is C25H30N4O3S. The third-order valence-corrected chi connectivity index (χ3v) is 5.57. The lowest BCUT2D eigenvalue weighted by Gasteiger charge is -2.36. The maximum Gasteiger partial charge on any atom is 0.250 e. The van der Waals surface area contributed by atoms with Gasteiger partial charge in [0.25, 0.3) is 0 Å². The minimum absolute atomic E-state index is 0.232. The topological polar surface area (TPSA) is 73.9 Å². The second-order valence-corrected chi connectivity index (χ2v) is 8.12. The van der Waals surface area contributed by atoms with E-state index in [1.54, 1.807) is 13.2 Å². The minimum Gasteiger partial charge on any atom is -0.497 e. The van der Waals surface area contributed by atoms with E-state index >= 15 is 0 Å². The van der Waals surface area contributed by atoms with Gasteiger partial charge in [-0.3, -0.25) is 14.9 Å². The zero-order valence-electron chi connectivity index (χ0n) is 19.0. The van der Waals surface area contributed by atoms with Crippen LogP contribution in [0.4, 0.5) is 11.4 Å². The lowest BCUT2D eigenvalue weighted by molar-refractivity contribution is -0.131. The molecule has 0 atom stereocenters. The molecule has 0 spiro atoms. The number of piperazine rings is 1. The Labute approximate surface area is 200 Å².